The van der Waals surface area contributed by atoms with E-state index in [1.165, 1.54) is 12.8 Å². The molecule has 5 heteroatoms. The molecule has 4 saturated carbocycles. The second-order valence-corrected chi connectivity index (χ2v) is 11.7. The van der Waals surface area contributed by atoms with Gasteiger partial charge in [0.1, 0.15) is 0 Å². The number of hydrogen-bond donors (Lipinski definition) is 2. The molecule has 0 saturated heterocycles. The third-order valence-electron chi connectivity index (χ3n) is 10.7. The van der Waals surface area contributed by atoms with E-state index in [0.717, 1.165) is 25.7 Å². The average Bonchev–Trinajstić information content (AvgIpc) is 2.98. The summed E-state index contributed by atoms with van der Waals surface area (Å²) in [5.41, 5.74) is -2.31. The van der Waals surface area contributed by atoms with Gasteiger partial charge in [0.25, 0.3) is 0 Å². The van der Waals surface area contributed by atoms with Crippen LogP contribution < -0.4 is 0 Å². The lowest BCUT2D eigenvalue weighted by atomic mass is 9.43. The smallest absolute Gasteiger partial charge is 0.393 e. The van der Waals surface area contributed by atoms with Gasteiger partial charge in [-0.1, -0.05) is 20.8 Å². The van der Waals surface area contributed by atoms with Crippen molar-refractivity contribution in [2.45, 2.75) is 103 Å². The molecule has 0 aromatic heterocycles. The number of halogens is 3. The first kappa shape index (κ1) is 21.9. The van der Waals surface area contributed by atoms with Gasteiger partial charge >= 0.3 is 6.18 Å². The second kappa shape index (κ2) is 6.85. The molecule has 4 fully saturated rings. The van der Waals surface area contributed by atoms with Crippen molar-refractivity contribution < 1.29 is 23.4 Å². The Morgan fingerprint density at radius 2 is 1.52 bits per heavy atom. The van der Waals surface area contributed by atoms with Crippen LogP contribution in [0.3, 0.4) is 0 Å². The van der Waals surface area contributed by atoms with Crippen molar-refractivity contribution >= 4 is 0 Å². The van der Waals surface area contributed by atoms with Crippen LogP contribution in [0, 0.1) is 46.3 Å². The summed E-state index contributed by atoms with van der Waals surface area (Å²) in [4.78, 5) is 0. The summed E-state index contributed by atoms with van der Waals surface area (Å²) in [6, 6.07) is 0. The molecule has 2 nitrogen and oxygen atoms in total. The van der Waals surface area contributed by atoms with Gasteiger partial charge in [-0.05, 0) is 111 Å². The predicted molar refractivity (Wildman–Crippen MR) is 107 cm³/mol. The Hall–Kier alpha value is -0.290. The van der Waals surface area contributed by atoms with E-state index in [2.05, 4.69) is 20.8 Å². The lowest BCUT2D eigenvalue weighted by molar-refractivity contribution is -0.290. The van der Waals surface area contributed by atoms with Gasteiger partial charge in [0.15, 0.2) is 5.60 Å². The summed E-state index contributed by atoms with van der Waals surface area (Å²) < 4.78 is 40.4. The third kappa shape index (κ3) is 3.11. The van der Waals surface area contributed by atoms with Crippen molar-refractivity contribution in [3.05, 3.63) is 0 Å². The molecule has 0 bridgehead atoms. The van der Waals surface area contributed by atoms with Crippen molar-refractivity contribution in [1.82, 2.24) is 0 Å². The van der Waals surface area contributed by atoms with E-state index in [0.29, 0.717) is 36.0 Å². The van der Waals surface area contributed by atoms with Crippen LogP contribution >= 0.6 is 0 Å². The van der Waals surface area contributed by atoms with Crippen molar-refractivity contribution in [1.29, 1.82) is 0 Å². The standard InChI is InChI=1S/C24H39F3O2/c1-14(15(2)28)18-7-8-19-17-6-5-16-13-23(29,24(25,26)27)12-11-21(16,3)20(17)9-10-22(18,19)4/h14-20,28-29H,5-13H2,1-4H3/t14-,15+,16+,17-,18+,19-,20-,21-,22+,23+/m0/s1. The summed E-state index contributed by atoms with van der Waals surface area (Å²) in [5.74, 6) is 2.53. The van der Waals surface area contributed by atoms with E-state index < -0.39 is 11.8 Å². The van der Waals surface area contributed by atoms with E-state index >= 15 is 0 Å². The molecule has 4 rings (SSSR count). The maximum absolute atomic E-state index is 13.5. The number of aliphatic hydroxyl groups excluding tert-OH is 1. The average molecular weight is 417 g/mol. The summed E-state index contributed by atoms with van der Waals surface area (Å²) in [6.07, 6.45) is 1.85. The van der Waals surface area contributed by atoms with Gasteiger partial charge in [-0.2, -0.15) is 13.2 Å². The Bertz CT molecular complexity index is 634. The molecule has 0 aromatic rings. The molecule has 0 spiro atoms. The molecule has 0 heterocycles. The van der Waals surface area contributed by atoms with Crippen LogP contribution in [0.4, 0.5) is 13.2 Å². The SMILES string of the molecule is C[C@H]([C@H]1CC[C@H]2[C@@H]3CC[C@@H]4C[C@@](O)(C(F)(F)F)CC[C@]4(C)[C@H]3CC[C@]12C)[C@@H](C)O. The second-order valence-electron chi connectivity index (χ2n) is 11.7. The normalized spacial score (nSPS) is 52.2. The van der Waals surface area contributed by atoms with Crippen LogP contribution in [0.5, 0.6) is 0 Å². The lowest BCUT2D eigenvalue weighted by Crippen LogP contribution is -2.59. The molecule has 0 unspecified atom stereocenters. The Kier molecular flexibility index (Phi) is 5.18. The molecule has 4 aliphatic rings. The summed E-state index contributed by atoms with van der Waals surface area (Å²) in [5, 5.41) is 20.6. The quantitative estimate of drug-likeness (QED) is 0.583. The highest BCUT2D eigenvalue weighted by molar-refractivity contribution is 5.11. The van der Waals surface area contributed by atoms with Crippen LogP contribution in [0.25, 0.3) is 0 Å². The zero-order valence-electron chi connectivity index (χ0n) is 18.4. The van der Waals surface area contributed by atoms with Crippen LogP contribution in [0.2, 0.25) is 0 Å². The molecule has 10 atom stereocenters. The first-order valence-corrected chi connectivity index (χ1v) is 11.8. The Morgan fingerprint density at radius 3 is 2.14 bits per heavy atom. The van der Waals surface area contributed by atoms with Crippen LogP contribution in [-0.2, 0) is 0 Å². The van der Waals surface area contributed by atoms with Gasteiger partial charge in [0.05, 0.1) is 6.10 Å². The van der Waals surface area contributed by atoms with Crippen molar-refractivity contribution in [2.75, 3.05) is 0 Å². The van der Waals surface area contributed by atoms with Crippen molar-refractivity contribution in [2.24, 2.45) is 46.3 Å². The molecule has 168 valence electrons. The Morgan fingerprint density at radius 1 is 0.862 bits per heavy atom. The fourth-order valence-corrected chi connectivity index (χ4v) is 8.74. The fourth-order valence-electron chi connectivity index (χ4n) is 8.74. The fraction of sp³-hybridized carbons (Fsp3) is 1.00. The van der Waals surface area contributed by atoms with Crippen LogP contribution in [0.15, 0.2) is 0 Å². The highest BCUT2D eigenvalue weighted by Gasteiger charge is 2.65. The molecule has 0 amide bonds. The minimum atomic E-state index is -4.52. The van der Waals surface area contributed by atoms with Gasteiger partial charge in [0, 0.05) is 0 Å². The van der Waals surface area contributed by atoms with E-state index in [9.17, 15) is 23.4 Å². The van der Waals surface area contributed by atoms with Crippen LogP contribution in [-0.4, -0.2) is 28.1 Å². The van der Waals surface area contributed by atoms with Gasteiger partial charge in [-0.15, -0.1) is 0 Å². The van der Waals surface area contributed by atoms with Crippen molar-refractivity contribution in [3.63, 3.8) is 0 Å². The molecular formula is C24H39F3O2. The van der Waals surface area contributed by atoms with Crippen LogP contribution in [0.1, 0.15) is 85.5 Å². The maximum Gasteiger partial charge on any atom is 0.417 e. The third-order valence-corrected chi connectivity index (χ3v) is 10.7. The number of alkyl halides is 3. The van der Waals surface area contributed by atoms with Crippen molar-refractivity contribution in [3.8, 4) is 0 Å². The largest absolute Gasteiger partial charge is 0.417 e. The molecule has 4 aliphatic carbocycles. The van der Waals surface area contributed by atoms with Gasteiger partial charge in [-0.25, -0.2) is 0 Å². The first-order valence-electron chi connectivity index (χ1n) is 11.8. The Labute approximate surface area is 173 Å². The monoisotopic (exact) mass is 416 g/mol. The first-order chi connectivity index (χ1) is 13.3. The predicted octanol–water partition coefficient (Wildman–Crippen LogP) is 5.96. The highest BCUT2D eigenvalue weighted by atomic mass is 19.4. The number of hydrogen-bond acceptors (Lipinski definition) is 2. The highest BCUT2D eigenvalue weighted by Crippen LogP contribution is 2.69. The van der Waals surface area contributed by atoms with E-state index in [1.54, 1.807) is 0 Å². The van der Waals surface area contributed by atoms with Gasteiger partial charge in [-0.3, -0.25) is 0 Å². The zero-order valence-corrected chi connectivity index (χ0v) is 18.4. The molecule has 2 N–H and O–H groups in total. The molecule has 0 radical (unpaired) electrons. The molecular weight excluding hydrogens is 377 g/mol. The van der Waals surface area contributed by atoms with E-state index in [4.69, 9.17) is 0 Å². The number of fused-ring (bicyclic) bond motifs is 5. The van der Waals surface area contributed by atoms with Gasteiger partial charge < -0.3 is 10.2 Å². The minimum Gasteiger partial charge on any atom is -0.393 e. The zero-order chi connectivity index (χ0) is 21.4. The lowest BCUT2D eigenvalue weighted by Gasteiger charge is -2.62. The Balaban J connectivity index is 1.56. The molecule has 0 aliphatic heterocycles. The topological polar surface area (TPSA) is 40.5 Å². The maximum atomic E-state index is 13.5. The van der Waals surface area contributed by atoms with Gasteiger partial charge in [0.2, 0.25) is 0 Å². The van der Waals surface area contributed by atoms with E-state index in [-0.39, 0.29) is 35.7 Å². The van der Waals surface area contributed by atoms with E-state index in [1.807, 2.05) is 6.92 Å². The summed E-state index contributed by atoms with van der Waals surface area (Å²) in [6.45, 7) is 8.76. The number of aliphatic hydroxyl groups is 2. The minimum absolute atomic E-state index is 0.0259. The molecule has 0 aromatic carbocycles. The summed E-state index contributed by atoms with van der Waals surface area (Å²) in [7, 11) is 0. The number of rotatable bonds is 2. The summed E-state index contributed by atoms with van der Waals surface area (Å²) >= 11 is 0. The molecule has 29 heavy (non-hydrogen) atoms.